The molecule has 18 heavy (non-hydrogen) atoms. The molecule has 1 aromatic rings. The highest BCUT2D eigenvalue weighted by molar-refractivity contribution is 5.97. The first-order valence-electron chi connectivity index (χ1n) is 5.96. The van der Waals surface area contributed by atoms with E-state index >= 15 is 0 Å². The van der Waals surface area contributed by atoms with Gasteiger partial charge in [0.15, 0.2) is 0 Å². The fourth-order valence-electron chi connectivity index (χ4n) is 2.12. The Hall–Kier alpha value is -1.75. The summed E-state index contributed by atoms with van der Waals surface area (Å²) in [5.41, 5.74) is 0.129. The number of phenols is 2. The number of phenolic OH excluding ortho intramolecular Hbond substituents is 2. The molecule has 98 valence electrons. The highest BCUT2D eigenvalue weighted by Crippen LogP contribution is 2.25. The number of nitrogens with zero attached hydrogens (tertiary/aromatic N) is 1. The van der Waals surface area contributed by atoms with Crippen molar-refractivity contribution >= 4 is 5.91 Å². The Bertz CT molecular complexity index is 441. The van der Waals surface area contributed by atoms with Gasteiger partial charge in [0.05, 0.1) is 5.56 Å². The van der Waals surface area contributed by atoms with Crippen LogP contribution < -0.4 is 0 Å². The molecule has 1 amide bonds. The number of amides is 1. The number of aromatic hydroxyl groups is 2. The maximum absolute atomic E-state index is 12.2. The summed E-state index contributed by atoms with van der Waals surface area (Å²) in [6.45, 7) is 1.29. The zero-order valence-corrected chi connectivity index (χ0v) is 10.3. The van der Waals surface area contributed by atoms with Crippen molar-refractivity contribution in [2.45, 2.75) is 18.9 Å². The minimum Gasteiger partial charge on any atom is -0.508 e. The summed E-state index contributed by atoms with van der Waals surface area (Å²) in [5.74, 6) is -0.427. The lowest BCUT2D eigenvalue weighted by atomic mass is 10.1. The van der Waals surface area contributed by atoms with E-state index in [9.17, 15) is 15.0 Å². The van der Waals surface area contributed by atoms with Crippen molar-refractivity contribution in [1.29, 1.82) is 0 Å². The van der Waals surface area contributed by atoms with Crippen LogP contribution in [0.1, 0.15) is 23.2 Å². The lowest BCUT2D eigenvalue weighted by molar-refractivity contribution is 0.0360. The van der Waals surface area contributed by atoms with Crippen LogP contribution >= 0.6 is 0 Å². The summed E-state index contributed by atoms with van der Waals surface area (Å²) < 4.78 is 5.25. The lowest BCUT2D eigenvalue weighted by Gasteiger charge is -2.31. The molecule has 1 aliphatic rings. The molecule has 0 bridgehead atoms. The predicted octanol–water partition coefficient (Wildman–Crippen LogP) is 1.35. The largest absolute Gasteiger partial charge is 0.508 e. The van der Waals surface area contributed by atoms with Crippen molar-refractivity contribution in [2.24, 2.45) is 0 Å². The zero-order valence-electron chi connectivity index (χ0n) is 10.3. The lowest BCUT2D eigenvalue weighted by Crippen LogP contribution is -2.40. The Kier molecular flexibility index (Phi) is 3.72. The van der Waals surface area contributed by atoms with E-state index in [0.29, 0.717) is 13.2 Å². The Balaban J connectivity index is 2.16. The highest BCUT2D eigenvalue weighted by atomic mass is 16.5. The van der Waals surface area contributed by atoms with Crippen LogP contribution in [0.15, 0.2) is 18.2 Å². The Labute approximate surface area is 106 Å². The predicted molar refractivity (Wildman–Crippen MR) is 65.7 cm³/mol. The minimum absolute atomic E-state index is 0.0310. The molecule has 2 N–H and O–H groups in total. The van der Waals surface area contributed by atoms with E-state index in [4.69, 9.17) is 4.74 Å². The van der Waals surface area contributed by atoms with Gasteiger partial charge in [0.1, 0.15) is 11.5 Å². The molecule has 1 aromatic carbocycles. The quantitative estimate of drug-likeness (QED) is 0.778. The van der Waals surface area contributed by atoms with E-state index in [0.717, 1.165) is 12.8 Å². The van der Waals surface area contributed by atoms with Crippen molar-refractivity contribution in [3.05, 3.63) is 23.8 Å². The van der Waals surface area contributed by atoms with E-state index in [1.54, 1.807) is 11.9 Å². The molecule has 0 radical (unpaired) electrons. The molecule has 0 unspecified atom stereocenters. The van der Waals surface area contributed by atoms with Crippen LogP contribution in [-0.2, 0) is 4.74 Å². The third kappa shape index (κ3) is 2.56. The molecule has 1 fully saturated rings. The van der Waals surface area contributed by atoms with Crippen LogP contribution in [0.2, 0.25) is 0 Å². The number of hydrogen-bond acceptors (Lipinski definition) is 4. The van der Waals surface area contributed by atoms with Crippen molar-refractivity contribution in [1.82, 2.24) is 4.90 Å². The van der Waals surface area contributed by atoms with E-state index in [1.807, 2.05) is 0 Å². The maximum Gasteiger partial charge on any atom is 0.257 e. The van der Waals surface area contributed by atoms with Gasteiger partial charge in [0.25, 0.3) is 5.91 Å². The number of hydrogen-bond donors (Lipinski definition) is 2. The normalized spacial score (nSPS) is 16.5. The summed E-state index contributed by atoms with van der Waals surface area (Å²) in [7, 11) is 1.71. The smallest absolute Gasteiger partial charge is 0.257 e. The maximum atomic E-state index is 12.2. The van der Waals surface area contributed by atoms with E-state index in [2.05, 4.69) is 0 Å². The van der Waals surface area contributed by atoms with Crippen LogP contribution in [0.25, 0.3) is 0 Å². The van der Waals surface area contributed by atoms with Crippen molar-refractivity contribution in [3.8, 4) is 11.5 Å². The summed E-state index contributed by atoms with van der Waals surface area (Å²) in [4.78, 5) is 13.8. The third-order valence-corrected chi connectivity index (χ3v) is 3.27. The second-order valence-electron chi connectivity index (χ2n) is 4.46. The zero-order chi connectivity index (χ0) is 13.1. The molecule has 5 nitrogen and oxygen atoms in total. The standard InChI is InChI=1S/C13H17NO4/c1-14(9-4-6-18-7-5-9)13(17)11-8-10(15)2-3-12(11)16/h2-3,8-9,15-16H,4-7H2,1H3. The van der Waals surface area contributed by atoms with Crippen LogP contribution in [0.4, 0.5) is 0 Å². The fourth-order valence-corrected chi connectivity index (χ4v) is 2.12. The van der Waals surface area contributed by atoms with Crippen LogP contribution in [0, 0.1) is 0 Å². The molecule has 0 atom stereocenters. The molecule has 1 saturated heterocycles. The van der Waals surface area contributed by atoms with Crippen molar-refractivity contribution in [3.63, 3.8) is 0 Å². The third-order valence-electron chi connectivity index (χ3n) is 3.27. The van der Waals surface area contributed by atoms with E-state index in [-0.39, 0.29) is 29.0 Å². The Morgan fingerprint density at radius 3 is 2.67 bits per heavy atom. The second kappa shape index (κ2) is 5.27. The van der Waals surface area contributed by atoms with Gasteiger partial charge in [-0.2, -0.15) is 0 Å². The molecule has 0 aliphatic carbocycles. The number of carbonyl (C=O) groups is 1. The van der Waals surface area contributed by atoms with E-state index < -0.39 is 0 Å². The monoisotopic (exact) mass is 251 g/mol. The van der Waals surface area contributed by atoms with Gasteiger partial charge in [-0.25, -0.2) is 0 Å². The Morgan fingerprint density at radius 1 is 1.33 bits per heavy atom. The van der Waals surface area contributed by atoms with Gasteiger partial charge in [-0.05, 0) is 31.0 Å². The SMILES string of the molecule is CN(C(=O)c1cc(O)ccc1O)C1CCOCC1. The van der Waals surface area contributed by atoms with Gasteiger partial charge in [0, 0.05) is 26.3 Å². The molecular weight excluding hydrogens is 234 g/mol. The molecule has 1 aliphatic heterocycles. The van der Waals surface area contributed by atoms with Gasteiger partial charge in [-0.15, -0.1) is 0 Å². The Morgan fingerprint density at radius 2 is 2.00 bits per heavy atom. The van der Waals surface area contributed by atoms with Crippen LogP contribution in [0.3, 0.4) is 0 Å². The highest BCUT2D eigenvalue weighted by Gasteiger charge is 2.25. The molecule has 0 aromatic heterocycles. The van der Waals surface area contributed by atoms with Gasteiger partial charge in [0.2, 0.25) is 0 Å². The minimum atomic E-state index is -0.282. The molecule has 0 spiro atoms. The summed E-state index contributed by atoms with van der Waals surface area (Å²) in [5, 5.41) is 19.0. The van der Waals surface area contributed by atoms with Crippen molar-refractivity contribution in [2.75, 3.05) is 20.3 Å². The number of rotatable bonds is 2. The van der Waals surface area contributed by atoms with Gasteiger partial charge < -0.3 is 19.8 Å². The number of carbonyl (C=O) groups excluding carboxylic acids is 1. The van der Waals surface area contributed by atoms with Gasteiger partial charge in [-0.1, -0.05) is 0 Å². The molecule has 5 heteroatoms. The van der Waals surface area contributed by atoms with Crippen LogP contribution in [0.5, 0.6) is 11.5 Å². The second-order valence-corrected chi connectivity index (χ2v) is 4.46. The van der Waals surface area contributed by atoms with Crippen molar-refractivity contribution < 1.29 is 19.7 Å². The average molecular weight is 251 g/mol. The molecule has 1 heterocycles. The van der Waals surface area contributed by atoms with Gasteiger partial charge in [-0.3, -0.25) is 4.79 Å². The summed E-state index contributed by atoms with van der Waals surface area (Å²) in [6.07, 6.45) is 1.59. The first kappa shape index (κ1) is 12.7. The van der Waals surface area contributed by atoms with Gasteiger partial charge >= 0.3 is 0 Å². The average Bonchev–Trinajstić information content (AvgIpc) is 2.41. The first-order valence-corrected chi connectivity index (χ1v) is 5.96. The van der Waals surface area contributed by atoms with Crippen LogP contribution in [-0.4, -0.2) is 47.3 Å². The number of ether oxygens (including phenoxy) is 1. The topological polar surface area (TPSA) is 70.0 Å². The number of benzene rings is 1. The molecule has 0 saturated carbocycles. The van der Waals surface area contributed by atoms with E-state index in [1.165, 1.54) is 18.2 Å². The fraction of sp³-hybridized carbons (Fsp3) is 0.462. The summed E-state index contributed by atoms with van der Waals surface area (Å²) >= 11 is 0. The first-order chi connectivity index (χ1) is 8.59. The molecule has 2 rings (SSSR count). The molecular formula is C13H17NO4. The summed E-state index contributed by atoms with van der Waals surface area (Å²) in [6, 6.07) is 4.07.